The molecule has 2 unspecified atom stereocenters. The molecule has 1 aromatic rings. The van der Waals surface area contributed by atoms with Crippen molar-refractivity contribution in [2.75, 3.05) is 12.8 Å². The molecule has 1 aliphatic heterocycles. The van der Waals surface area contributed by atoms with Gasteiger partial charge in [-0.3, -0.25) is 4.79 Å². The van der Waals surface area contributed by atoms with Crippen molar-refractivity contribution >= 4 is 30.1 Å². The summed E-state index contributed by atoms with van der Waals surface area (Å²) in [4.78, 5) is 13.0. The van der Waals surface area contributed by atoms with Crippen LogP contribution in [0.2, 0.25) is 0 Å². The van der Waals surface area contributed by atoms with E-state index in [1.54, 1.807) is 11.8 Å². The lowest BCUT2D eigenvalue weighted by Crippen LogP contribution is -2.39. The van der Waals surface area contributed by atoms with Gasteiger partial charge < -0.3 is 15.7 Å². The van der Waals surface area contributed by atoms with Crippen LogP contribution in [-0.4, -0.2) is 36.0 Å². The van der Waals surface area contributed by atoms with Gasteiger partial charge in [-0.15, -0.1) is 24.2 Å². The zero-order chi connectivity index (χ0) is 13.0. The second kappa shape index (κ2) is 7.75. The molecule has 0 bridgehead atoms. The molecule has 1 aromatic carbocycles. The molecule has 1 saturated heterocycles. The molecule has 1 amide bonds. The predicted molar refractivity (Wildman–Crippen MR) is 79.7 cm³/mol. The van der Waals surface area contributed by atoms with Crippen LogP contribution in [0, 0.1) is 0 Å². The highest BCUT2D eigenvalue weighted by molar-refractivity contribution is 7.98. The zero-order valence-corrected chi connectivity index (χ0v) is 12.4. The number of halogens is 1. The second-order valence-electron chi connectivity index (χ2n) is 4.42. The number of rotatable bonds is 4. The summed E-state index contributed by atoms with van der Waals surface area (Å²) in [6.07, 6.45) is 2.13. The molecule has 0 aromatic heterocycles. The average Bonchev–Trinajstić information content (AvgIpc) is 2.83. The van der Waals surface area contributed by atoms with E-state index in [1.807, 2.05) is 30.5 Å². The number of amides is 1. The number of carbonyl (C=O) groups is 1. The summed E-state index contributed by atoms with van der Waals surface area (Å²) in [5, 5.41) is 15.2. The Morgan fingerprint density at radius 3 is 2.68 bits per heavy atom. The molecule has 19 heavy (non-hydrogen) atoms. The van der Waals surface area contributed by atoms with Crippen LogP contribution < -0.4 is 10.6 Å². The first kappa shape index (κ1) is 16.3. The van der Waals surface area contributed by atoms with Gasteiger partial charge in [-0.25, -0.2) is 0 Å². The lowest BCUT2D eigenvalue weighted by Gasteiger charge is -2.11. The molecule has 106 valence electrons. The van der Waals surface area contributed by atoms with Crippen LogP contribution in [0.5, 0.6) is 0 Å². The van der Waals surface area contributed by atoms with Crippen molar-refractivity contribution in [3.05, 3.63) is 29.8 Å². The first-order valence-corrected chi connectivity index (χ1v) is 7.23. The first-order chi connectivity index (χ1) is 8.69. The summed E-state index contributed by atoms with van der Waals surface area (Å²) in [5.74, 6) is -0.0412. The van der Waals surface area contributed by atoms with Gasteiger partial charge in [0.2, 0.25) is 5.91 Å². The van der Waals surface area contributed by atoms with E-state index < -0.39 is 6.10 Å². The largest absolute Gasteiger partial charge is 0.392 e. The molecule has 1 fully saturated rings. The number of benzene rings is 1. The third-order valence-electron chi connectivity index (χ3n) is 3.05. The molecule has 3 N–H and O–H groups in total. The van der Waals surface area contributed by atoms with Gasteiger partial charge in [-0.1, -0.05) is 12.1 Å². The number of thioether (sulfide) groups is 1. The summed E-state index contributed by atoms with van der Waals surface area (Å²) >= 11 is 1.70. The van der Waals surface area contributed by atoms with E-state index in [9.17, 15) is 9.90 Å². The number of carbonyl (C=O) groups excluding carboxylic acids is 1. The quantitative estimate of drug-likeness (QED) is 0.731. The fourth-order valence-corrected chi connectivity index (χ4v) is 2.38. The number of hydrogen-bond donors (Lipinski definition) is 3. The van der Waals surface area contributed by atoms with E-state index in [-0.39, 0.29) is 24.4 Å². The van der Waals surface area contributed by atoms with Crippen LogP contribution in [0.25, 0.3) is 0 Å². The molecule has 2 atom stereocenters. The zero-order valence-electron chi connectivity index (χ0n) is 10.8. The van der Waals surface area contributed by atoms with Crippen molar-refractivity contribution in [1.29, 1.82) is 0 Å². The van der Waals surface area contributed by atoms with E-state index in [4.69, 9.17) is 0 Å². The SMILES string of the molecule is CSc1ccc(CNC(=O)C2CC(O)CN2)cc1.Cl. The maximum atomic E-state index is 11.8. The standard InChI is InChI=1S/C13H18N2O2S.ClH/c1-18-11-4-2-9(3-5-11)7-15-13(17)12-6-10(16)8-14-12;/h2-5,10,12,14,16H,6-8H2,1H3,(H,15,17);1H. The van der Waals surface area contributed by atoms with E-state index in [0.717, 1.165) is 5.56 Å². The van der Waals surface area contributed by atoms with E-state index in [2.05, 4.69) is 10.6 Å². The molecular formula is C13H19ClN2O2S. The summed E-state index contributed by atoms with van der Waals surface area (Å²) < 4.78 is 0. The maximum absolute atomic E-state index is 11.8. The smallest absolute Gasteiger partial charge is 0.237 e. The van der Waals surface area contributed by atoms with Crippen LogP contribution in [0.15, 0.2) is 29.2 Å². The van der Waals surface area contributed by atoms with Gasteiger partial charge in [-0.05, 0) is 30.4 Å². The van der Waals surface area contributed by atoms with E-state index in [1.165, 1.54) is 4.90 Å². The Morgan fingerprint density at radius 1 is 1.47 bits per heavy atom. The maximum Gasteiger partial charge on any atom is 0.237 e. The van der Waals surface area contributed by atoms with E-state index >= 15 is 0 Å². The number of aliphatic hydroxyl groups is 1. The molecule has 1 heterocycles. The molecule has 0 saturated carbocycles. The Labute approximate surface area is 123 Å². The molecule has 1 aliphatic rings. The Morgan fingerprint density at radius 2 is 2.16 bits per heavy atom. The Kier molecular flexibility index (Phi) is 6.65. The number of nitrogens with one attached hydrogen (secondary N) is 2. The van der Waals surface area contributed by atoms with Gasteiger partial charge in [-0.2, -0.15) is 0 Å². The van der Waals surface area contributed by atoms with E-state index in [0.29, 0.717) is 19.5 Å². The monoisotopic (exact) mass is 302 g/mol. The Hall–Kier alpha value is -0.750. The normalized spacial score (nSPS) is 21.8. The topological polar surface area (TPSA) is 61.4 Å². The lowest BCUT2D eigenvalue weighted by atomic mass is 10.2. The molecule has 4 nitrogen and oxygen atoms in total. The van der Waals surface area contributed by atoms with Gasteiger partial charge in [0, 0.05) is 18.0 Å². The molecule has 6 heteroatoms. The molecule has 0 aliphatic carbocycles. The van der Waals surface area contributed by atoms with Crippen molar-refractivity contribution in [1.82, 2.24) is 10.6 Å². The van der Waals surface area contributed by atoms with Crippen molar-refractivity contribution in [2.45, 2.75) is 30.0 Å². The van der Waals surface area contributed by atoms with Crippen LogP contribution in [0.3, 0.4) is 0 Å². The van der Waals surface area contributed by atoms with Gasteiger partial charge in [0.25, 0.3) is 0 Å². The fourth-order valence-electron chi connectivity index (χ4n) is 1.97. The van der Waals surface area contributed by atoms with Crippen LogP contribution in [-0.2, 0) is 11.3 Å². The van der Waals surface area contributed by atoms with Crippen LogP contribution in [0.4, 0.5) is 0 Å². The first-order valence-electron chi connectivity index (χ1n) is 6.01. The second-order valence-corrected chi connectivity index (χ2v) is 5.30. The van der Waals surface area contributed by atoms with Gasteiger partial charge in [0.1, 0.15) is 0 Å². The van der Waals surface area contributed by atoms with Crippen molar-refractivity contribution in [2.24, 2.45) is 0 Å². The highest BCUT2D eigenvalue weighted by Gasteiger charge is 2.27. The van der Waals surface area contributed by atoms with Gasteiger partial charge in [0.05, 0.1) is 12.1 Å². The summed E-state index contributed by atoms with van der Waals surface area (Å²) in [7, 11) is 0. The number of hydrogen-bond acceptors (Lipinski definition) is 4. The minimum absolute atomic E-state index is 0. The summed E-state index contributed by atoms with van der Waals surface area (Å²) in [6, 6.07) is 7.87. The van der Waals surface area contributed by atoms with Gasteiger partial charge >= 0.3 is 0 Å². The summed E-state index contributed by atoms with van der Waals surface area (Å²) in [5.41, 5.74) is 1.08. The minimum atomic E-state index is -0.401. The predicted octanol–water partition coefficient (Wildman–Crippen LogP) is 1.17. The molecule has 0 radical (unpaired) electrons. The van der Waals surface area contributed by atoms with Gasteiger partial charge in [0.15, 0.2) is 0 Å². The molecule has 2 rings (SSSR count). The third-order valence-corrected chi connectivity index (χ3v) is 3.79. The van der Waals surface area contributed by atoms with Crippen molar-refractivity contribution in [3.63, 3.8) is 0 Å². The fraction of sp³-hybridized carbons (Fsp3) is 0.462. The van der Waals surface area contributed by atoms with Crippen LogP contribution >= 0.6 is 24.2 Å². The molecular weight excluding hydrogens is 284 g/mol. The van der Waals surface area contributed by atoms with Crippen molar-refractivity contribution < 1.29 is 9.90 Å². The number of β-amino-alcohol motifs (C(OH)–C–C–N with tert-alkyl or cyclic N) is 1. The third kappa shape index (κ3) is 4.69. The highest BCUT2D eigenvalue weighted by Crippen LogP contribution is 2.14. The van der Waals surface area contributed by atoms with Crippen LogP contribution in [0.1, 0.15) is 12.0 Å². The lowest BCUT2D eigenvalue weighted by molar-refractivity contribution is -0.123. The minimum Gasteiger partial charge on any atom is -0.392 e. The summed E-state index contributed by atoms with van der Waals surface area (Å²) in [6.45, 7) is 1.03. The highest BCUT2D eigenvalue weighted by atomic mass is 35.5. The average molecular weight is 303 g/mol. The van der Waals surface area contributed by atoms with Crippen molar-refractivity contribution in [3.8, 4) is 0 Å². The molecule has 0 spiro atoms. The number of aliphatic hydroxyl groups excluding tert-OH is 1. The Bertz CT molecular complexity index is 414. The Balaban J connectivity index is 0.00000180.